The van der Waals surface area contributed by atoms with Gasteiger partial charge < -0.3 is 15.0 Å². The maximum atomic E-state index is 13.4. The average Bonchev–Trinajstić information content (AvgIpc) is 3.15. The summed E-state index contributed by atoms with van der Waals surface area (Å²) in [4.78, 5) is 29.2. The van der Waals surface area contributed by atoms with Crippen LogP contribution in [-0.2, 0) is 4.79 Å². The third kappa shape index (κ3) is 2.37. The van der Waals surface area contributed by atoms with Crippen LogP contribution in [0.15, 0.2) is 24.3 Å². The first kappa shape index (κ1) is 15.2. The van der Waals surface area contributed by atoms with Gasteiger partial charge in [0.1, 0.15) is 17.6 Å². The summed E-state index contributed by atoms with van der Waals surface area (Å²) < 4.78 is 13.4. The zero-order valence-corrected chi connectivity index (χ0v) is 13.2. The smallest absolute Gasteiger partial charge is 0.326 e. The molecule has 1 aromatic carbocycles. The summed E-state index contributed by atoms with van der Waals surface area (Å²) in [6, 6.07) is 5.12. The first-order valence-electron chi connectivity index (χ1n) is 8.38. The van der Waals surface area contributed by atoms with E-state index in [9.17, 15) is 19.1 Å². The quantitative estimate of drug-likeness (QED) is 0.888. The molecule has 0 radical (unpaired) electrons. The topological polar surface area (TPSA) is 73.4 Å². The van der Waals surface area contributed by atoms with Gasteiger partial charge in [0.05, 0.1) is 0 Å². The summed E-state index contributed by atoms with van der Waals surface area (Å²) in [5.74, 6) is -1.34. The van der Waals surface area contributed by atoms with Crippen molar-refractivity contribution < 1.29 is 19.1 Å². The summed E-state index contributed by atoms with van der Waals surface area (Å²) in [5.41, 5.74) is 0.999. The van der Waals surface area contributed by atoms with Gasteiger partial charge in [-0.2, -0.15) is 0 Å². The van der Waals surface area contributed by atoms with E-state index >= 15 is 0 Å². The van der Waals surface area contributed by atoms with E-state index in [0.717, 1.165) is 25.7 Å². The molecule has 2 N–H and O–H groups in total. The number of likely N-dealkylation sites (tertiary alicyclic amines) is 1. The van der Waals surface area contributed by atoms with Crippen LogP contribution in [0.5, 0.6) is 0 Å². The molecule has 4 rings (SSSR count). The number of aromatic nitrogens is 1. The van der Waals surface area contributed by atoms with Crippen molar-refractivity contribution in [3.63, 3.8) is 0 Å². The molecule has 3 atom stereocenters. The lowest BCUT2D eigenvalue weighted by Gasteiger charge is -2.32. The first-order valence-corrected chi connectivity index (χ1v) is 8.38. The second kappa shape index (κ2) is 5.61. The van der Waals surface area contributed by atoms with Crippen LogP contribution in [0.25, 0.3) is 10.9 Å². The van der Waals surface area contributed by atoms with Gasteiger partial charge in [-0.25, -0.2) is 9.18 Å². The van der Waals surface area contributed by atoms with Gasteiger partial charge in [-0.05, 0) is 49.4 Å². The molecule has 2 aliphatic rings. The Hall–Kier alpha value is -2.37. The highest BCUT2D eigenvalue weighted by Crippen LogP contribution is 2.40. The zero-order chi connectivity index (χ0) is 16.8. The molecule has 1 amide bonds. The molecule has 126 valence electrons. The Kier molecular flexibility index (Phi) is 3.55. The maximum Gasteiger partial charge on any atom is 0.326 e. The van der Waals surface area contributed by atoms with Crippen LogP contribution in [0.3, 0.4) is 0 Å². The third-order valence-corrected chi connectivity index (χ3v) is 5.42. The number of carbonyl (C=O) groups excluding carboxylic acids is 1. The van der Waals surface area contributed by atoms with E-state index in [0.29, 0.717) is 23.0 Å². The van der Waals surface area contributed by atoms with E-state index in [-0.39, 0.29) is 23.7 Å². The van der Waals surface area contributed by atoms with Crippen LogP contribution in [0, 0.1) is 11.7 Å². The summed E-state index contributed by atoms with van der Waals surface area (Å²) >= 11 is 0. The SMILES string of the molecule is O=C(O)C1CC2CCCCC2N1C(=O)c1cc2cc(F)ccc2[nH]1. The molecule has 1 saturated carbocycles. The number of H-pyrrole nitrogens is 1. The normalized spacial score (nSPS) is 26.5. The lowest BCUT2D eigenvalue weighted by atomic mass is 9.84. The van der Waals surface area contributed by atoms with Gasteiger partial charge in [0.2, 0.25) is 0 Å². The Balaban J connectivity index is 1.70. The van der Waals surface area contributed by atoms with Crippen LogP contribution in [-0.4, -0.2) is 39.0 Å². The van der Waals surface area contributed by atoms with Crippen molar-refractivity contribution in [2.75, 3.05) is 0 Å². The number of amides is 1. The van der Waals surface area contributed by atoms with Gasteiger partial charge in [0.25, 0.3) is 5.91 Å². The number of rotatable bonds is 2. The lowest BCUT2D eigenvalue weighted by Crippen LogP contribution is -2.46. The van der Waals surface area contributed by atoms with Crippen LogP contribution in [0.2, 0.25) is 0 Å². The molecule has 1 aromatic heterocycles. The van der Waals surface area contributed by atoms with Gasteiger partial charge >= 0.3 is 5.97 Å². The first-order chi connectivity index (χ1) is 11.5. The summed E-state index contributed by atoms with van der Waals surface area (Å²) in [7, 11) is 0. The standard InChI is InChI=1S/C18H19FN2O3/c19-12-5-6-13-11(7-12)8-14(20-13)17(22)21-15-4-2-1-3-10(15)9-16(21)18(23)24/h5-8,10,15-16,20H,1-4,9H2,(H,23,24). The van der Waals surface area contributed by atoms with Crippen molar-refractivity contribution in [2.45, 2.75) is 44.2 Å². The van der Waals surface area contributed by atoms with Crippen molar-refractivity contribution in [2.24, 2.45) is 5.92 Å². The minimum Gasteiger partial charge on any atom is -0.480 e. The largest absolute Gasteiger partial charge is 0.480 e. The number of carbonyl (C=O) groups is 2. The van der Waals surface area contributed by atoms with Crippen molar-refractivity contribution in [3.05, 3.63) is 35.8 Å². The van der Waals surface area contributed by atoms with Crippen molar-refractivity contribution >= 4 is 22.8 Å². The molecule has 2 heterocycles. The maximum absolute atomic E-state index is 13.4. The summed E-state index contributed by atoms with van der Waals surface area (Å²) in [5, 5.41) is 10.2. The molecule has 1 saturated heterocycles. The number of aliphatic carboxylic acids is 1. The molecule has 24 heavy (non-hydrogen) atoms. The fourth-order valence-corrected chi connectivity index (χ4v) is 4.33. The number of carboxylic acids is 1. The number of nitrogens with zero attached hydrogens (tertiary/aromatic N) is 1. The number of aromatic amines is 1. The van der Waals surface area contributed by atoms with E-state index in [1.807, 2.05) is 0 Å². The minimum absolute atomic E-state index is 0.00417. The monoisotopic (exact) mass is 330 g/mol. The number of hydrogen-bond donors (Lipinski definition) is 2. The molecule has 0 spiro atoms. The van der Waals surface area contributed by atoms with Gasteiger partial charge in [0, 0.05) is 16.9 Å². The molecule has 0 bridgehead atoms. The summed E-state index contributed by atoms with van der Waals surface area (Å²) in [6.07, 6.45) is 4.49. The Morgan fingerprint density at radius 3 is 2.79 bits per heavy atom. The van der Waals surface area contributed by atoms with Crippen LogP contribution in [0.1, 0.15) is 42.6 Å². The van der Waals surface area contributed by atoms with Gasteiger partial charge in [-0.1, -0.05) is 12.8 Å². The number of nitrogens with one attached hydrogen (secondary N) is 1. The predicted octanol–water partition coefficient (Wildman–Crippen LogP) is 3.16. The Morgan fingerprint density at radius 1 is 1.21 bits per heavy atom. The van der Waals surface area contributed by atoms with Gasteiger partial charge in [-0.3, -0.25) is 4.79 Å². The number of fused-ring (bicyclic) bond motifs is 2. The molecule has 3 unspecified atom stereocenters. The Morgan fingerprint density at radius 2 is 2.00 bits per heavy atom. The second-order valence-electron chi connectivity index (χ2n) is 6.83. The highest BCUT2D eigenvalue weighted by atomic mass is 19.1. The number of halogens is 1. The molecule has 2 fully saturated rings. The average molecular weight is 330 g/mol. The van der Waals surface area contributed by atoms with Crippen LogP contribution < -0.4 is 0 Å². The molecule has 2 aromatic rings. The van der Waals surface area contributed by atoms with Crippen LogP contribution >= 0.6 is 0 Å². The molecule has 1 aliphatic heterocycles. The van der Waals surface area contributed by atoms with Crippen molar-refractivity contribution in [1.29, 1.82) is 0 Å². The molecule has 1 aliphatic carbocycles. The second-order valence-corrected chi connectivity index (χ2v) is 6.83. The van der Waals surface area contributed by atoms with E-state index in [1.54, 1.807) is 17.0 Å². The highest BCUT2D eigenvalue weighted by Gasteiger charge is 2.47. The lowest BCUT2D eigenvalue weighted by molar-refractivity contribution is -0.141. The Bertz CT molecular complexity index is 816. The number of hydrogen-bond acceptors (Lipinski definition) is 2. The fourth-order valence-electron chi connectivity index (χ4n) is 4.33. The van der Waals surface area contributed by atoms with E-state index in [1.165, 1.54) is 12.1 Å². The highest BCUT2D eigenvalue weighted by molar-refractivity contribution is 6.00. The van der Waals surface area contributed by atoms with Gasteiger partial charge in [-0.15, -0.1) is 0 Å². The summed E-state index contributed by atoms with van der Waals surface area (Å²) in [6.45, 7) is 0. The Labute approximate surface area is 138 Å². The van der Waals surface area contributed by atoms with E-state index < -0.39 is 12.0 Å². The molecule has 6 heteroatoms. The van der Waals surface area contributed by atoms with Crippen molar-refractivity contribution in [3.8, 4) is 0 Å². The predicted molar refractivity (Wildman–Crippen MR) is 86.2 cm³/mol. The fraction of sp³-hybridized carbons (Fsp3) is 0.444. The minimum atomic E-state index is -0.945. The van der Waals surface area contributed by atoms with Crippen molar-refractivity contribution in [1.82, 2.24) is 9.88 Å². The molecule has 5 nitrogen and oxygen atoms in total. The third-order valence-electron chi connectivity index (χ3n) is 5.42. The zero-order valence-electron chi connectivity index (χ0n) is 13.2. The van der Waals surface area contributed by atoms with Crippen LogP contribution in [0.4, 0.5) is 4.39 Å². The van der Waals surface area contributed by atoms with Gasteiger partial charge in [0.15, 0.2) is 0 Å². The van der Waals surface area contributed by atoms with E-state index in [4.69, 9.17) is 0 Å². The van der Waals surface area contributed by atoms with E-state index in [2.05, 4.69) is 4.98 Å². The molecular formula is C18H19FN2O3. The molecular weight excluding hydrogens is 311 g/mol. The number of carboxylic acid groups (broad SMARTS) is 1. The number of benzene rings is 1.